The Morgan fingerprint density at radius 3 is 2.65 bits per heavy atom. The fourth-order valence-electron chi connectivity index (χ4n) is 3.62. The Morgan fingerprint density at radius 2 is 1.95 bits per heavy atom. The van der Waals surface area contributed by atoms with E-state index >= 15 is 0 Å². The number of halogens is 1. The van der Waals surface area contributed by atoms with Crippen LogP contribution in [-0.2, 0) is 14.3 Å². The van der Waals surface area contributed by atoms with Gasteiger partial charge in [-0.05, 0) is 72.4 Å². The molecule has 0 bridgehead atoms. The highest BCUT2D eigenvalue weighted by molar-refractivity contribution is 14.1. The summed E-state index contributed by atoms with van der Waals surface area (Å²) in [5.74, 6) is 0.649. The highest BCUT2D eigenvalue weighted by Crippen LogP contribution is 2.34. The summed E-state index contributed by atoms with van der Waals surface area (Å²) in [5.41, 5.74) is 4.75. The Balaban J connectivity index is 1.71. The Bertz CT molecular complexity index is 1250. The van der Waals surface area contributed by atoms with Crippen LogP contribution in [0.25, 0.3) is 0 Å². The molecule has 3 rings (SSSR count). The van der Waals surface area contributed by atoms with Crippen LogP contribution >= 0.6 is 34.8 Å². The zero-order valence-corrected chi connectivity index (χ0v) is 23.7. The number of rotatable bonds is 10. The highest BCUT2D eigenvalue weighted by Gasteiger charge is 2.32. The van der Waals surface area contributed by atoms with Gasteiger partial charge in [-0.25, -0.2) is 10.2 Å². The molecule has 2 aromatic carbocycles. The van der Waals surface area contributed by atoms with Gasteiger partial charge in [0.05, 0.1) is 42.2 Å². The van der Waals surface area contributed by atoms with Crippen molar-refractivity contribution in [3.8, 4) is 17.2 Å². The summed E-state index contributed by atoms with van der Waals surface area (Å²) in [6.07, 6.45) is 1.50. The number of hydrazone groups is 1. The number of ether oxygens (including phenoxy) is 4. The van der Waals surface area contributed by atoms with E-state index in [4.69, 9.17) is 31.2 Å². The third-order valence-electron chi connectivity index (χ3n) is 5.21. The predicted molar refractivity (Wildman–Crippen MR) is 151 cm³/mol. The first-order chi connectivity index (χ1) is 17.8. The number of esters is 1. The molecule has 0 spiro atoms. The first-order valence-corrected chi connectivity index (χ1v) is 12.7. The van der Waals surface area contributed by atoms with E-state index in [9.17, 15) is 9.59 Å². The molecule has 2 aromatic rings. The molecular formula is C25H27IN4O6S. The number of nitrogens with one attached hydrogen (secondary N) is 3. The maximum atomic E-state index is 12.7. The molecule has 37 heavy (non-hydrogen) atoms. The van der Waals surface area contributed by atoms with Crippen LogP contribution < -0.4 is 30.3 Å². The largest absolute Gasteiger partial charge is 0.493 e. The number of methoxy groups -OCH3 is 2. The minimum Gasteiger partial charge on any atom is -0.493 e. The van der Waals surface area contributed by atoms with E-state index in [1.807, 2.05) is 12.1 Å². The lowest BCUT2D eigenvalue weighted by Gasteiger charge is -2.30. The van der Waals surface area contributed by atoms with Crippen LogP contribution in [0.15, 0.2) is 52.8 Å². The molecule has 0 aliphatic carbocycles. The lowest BCUT2D eigenvalue weighted by atomic mass is 9.95. The summed E-state index contributed by atoms with van der Waals surface area (Å²) in [6.45, 7) is 3.42. The summed E-state index contributed by atoms with van der Waals surface area (Å²) in [5, 5.41) is 10.4. The minimum absolute atomic E-state index is 0.230. The Hall–Kier alpha value is -3.39. The van der Waals surface area contributed by atoms with Crippen molar-refractivity contribution in [1.82, 2.24) is 16.1 Å². The molecule has 0 fully saturated rings. The van der Waals surface area contributed by atoms with Crippen molar-refractivity contribution >= 4 is 58.0 Å². The van der Waals surface area contributed by atoms with Crippen LogP contribution in [0.4, 0.5) is 0 Å². The number of nitrogens with zero attached hydrogens (tertiary/aromatic N) is 1. The van der Waals surface area contributed by atoms with E-state index in [0.717, 1.165) is 9.13 Å². The number of allylic oxidation sites excluding steroid dienone is 1. The van der Waals surface area contributed by atoms with Gasteiger partial charge in [0.1, 0.15) is 5.75 Å². The average Bonchev–Trinajstić information content (AvgIpc) is 2.86. The van der Waals surface area contributed by atoms with E-state index in [-0.39, 0.29) is 13.2 Å². The Labute approximate surface area is 233 Å². The summed E-state index contributed by atoms with van der Waals surface area (Å²) >= 11 is 7.42. The minimum atomic E-state index is -0.613. The van der Waals surface area contributed by atoms with E-state index in [0.29, 0.717) is 39.2 Å². The number of para-hydroxylation sites is 1. The van der Waals surface area contributed by atoms with E-state index in [1.54, 1.807) is 52.3 Å². The van der Waals surface area contributed by atoms with Crippen molar-refractivity contribution in [2.24, 2.45) is 5.10 Å². The number of thiocarbonyl (C=S) groups is 1. The SMILES string of the molecule is CCOC(=O)C1=C(C)NC(=S)N[C@H]1c1ccccc1OCC(=O)NN=Cc1cc(I)c(OC)c(OC)c1. The van der Waals surface area contributed by atoms with E-state index in [2.05, 4.69) is 43.8 Å². The molecule has 0 radical (unpaired) electrons. The van der Waals surface area contributed by atoms with Gasteiger partial charge in [0, 0.05) is 11.3 Å². The average molecular weight is 638 g/mol. The van der Waals surface area contributed by atoms with Crippen molar-refractivity contribution in [1.29, 1.82) is 0 Å². The second-order valence-corrected chi connectivity index (χ2v) is 9.22. The standard InChI is InChI=1S/C25H27IN4O6S/c1-5-35-24(32)21-14(2)28-25(37)29-22(21)16-8-6-7-9-18(16)36-13-20(31)30-27-12-15-10-17(26)23(34-4)19(11-15)33-3/h6-12,22H,5,13H2,1-4H3,(H,30,31)(H2,28,29,37)/t22-/m0/s1. The van der Waals surface area contributed by atoms with Crippen molar-refractivity contribution in [2.45, 2.75) is 19.9 Å². The molecule has 3 N–H and O–H groups in total. The van der Waals surface area contributed by atoms with Crippen LogP contribution in [-0.4, -0.2) is 50.6 Å². The van der Waals surface area contributed by atoms with Gasteiger partial charge in [-0.15, -0.1) is 0 Å². The van der Waals surface area contributed by atoms with Gasteiger partial charge in [-0.1, -0.05) is 18.2 Å². The van der Waals surface area contributed by atoms with Crippen LogP contribution in [0.3, 0.4) is 0 Å². The lowest BCUT2D eigenvalue weighted by molar-refractivity contribution is -0.139. The zero-order valence-electron chi connectivity index (χ0n) is 20.7. The van der Waals surface area contributed by atoms with Crippen molar-refractivity contribution in [3.63, 3.8) is 0 Å². The molecule has 196 valence electrons. The molecule has 1 aliphatic heterocycles. The summed E-state index contributed by atoms with van der Waals surface area (Å²) in [6, 6.07) is 10.1. The molecule has 1 aliphatic rings. The summed E-state index contributed by atoms with van der Waals surface area (Å²) < 4.78 is 22.5. The van der Waals surface area contributed by atoms with Gasteiger partial charge in [0.25, 0.3) is 5.91 Å². The maximum Gasteiger partial charge on any atom is 0.338 e. The quantitative estimate of drug-likeness (QED) is 0.119. The van der Waals surface area contributed by atoms with Crippen LogP contribution in [0.1, 0.15) is 31.0 Å². The fourth-order valence-corrected chi connectivity index (χ4v) is 4.74. The smallest absolute Gasteiger partial charge is 0.338 e. The number of hydrogen-bond acceptors (Lipinski definition) is 8. The summed E-state index contributed by atoms with van der Waals surface area (Å²) in [4.78, 5) is 25.1. The van der Waals surface area contributed by atoms with E-state index < -0.39 is 17.9 Å². The lowest BCUT2D eigenvalue weighted by Crippen LogP contribution is -2.45. The van der Waals surface area contributed by atoms with Crippen molar-refractivity contribution < 1.29 is 28.5 Å². The topological polar surface area (TPSA) is 120 Å². The molecule has 12 heteroatoms. The van der Waals surface area contributed by atoms with Gasteiger partial charge >= 0.3 is 5.97 Å². The van der Waals surface area contributed by atoms with Gasteiger partial charge in [0.15, 0.2) is 23.2 Å². The molecule has 1 atom stereocenters. The number of amides is 1. The fraction of sp³-hybridized carbons (Fsp3) is 0.280. The maximum absolute atomic E-state index is 12.7. The third-order valence-corrected chi connectivity index (χ3v) is 6.23. The van der Waals surface area contributed by atoms with Crippen LogP contribution in [0.5, 0.6) is 17.2 Å². The van der Waals surface area contributed by atoms with Gasteiger partial charge in [-0.3, -0.25) is 4.79 Å². The molecule has 0 saturated carbocycles. The normalized spacial score (nSPS) is 15.1. The third kappa shape index (κ3) is 7.10. The number of carbonyl (C=O) groups excluding carboxylic acids is 2. The summed E-state index contributed by atoms with van der Waals surface area (Å²) in [7, 11) is 3.11. The van der Waals surface area contributed by atoms with Crippen LogP contribution in [0, 0.1) is 3.57 Å². The van der Waals surface area contributed by atoms with E-state index in [1.165, 1.54) is 6.21 Å². The zero-order chi connectivity index (χ0) is 26.9. The van der Waals surface area contributed by atoms with Gasteiger partial charge in [0.2, 0.25) is 0 Å². The molecule has 0 aromatic heterocycles. The molecule has 1 heterocycles. The van der Waals surface area contributed by atoms with Gasteiger partial charge in [-0.2, -0.15) is 5.10 Å². The first kappa shape index (κ1) is 28.2. The van der Waals surface area contributed by atoms with Crippen LogP contribution in [0.2, 0.25) is 0 Å². The molecular weight excluding hydrogens is 611 g/mol. The highest BCUT2D eigenvalue weighted by atomic mass is 127. The molecule has 0 saturated heterocycles. The Morgan fingerprint density at radius 1 is 1.19 bits per heavy atom. The molecule has 1 amide bonds. The first-order valence-electron chi connectivity index (χ1n) is 11.2. The number of carbonyl (C=O) groups is 2. The second kappa shape index (κ2) is 13.2. The van der Waals surface area contributed by atoms with Crippen molar-refractivity contribution in [2.75, 3.05) is 27.4 Å². The van der Waals surface area contributed by atoms with Gasteiger partial charge < -0.3 is 29.6 Å². The van der Waals surface area contributed by atoms with Crippen molar-refractivity contribution in [3.05, 3.63) is 62.4 Å². The Kier molecular flexibility index (Phi) is 10.1. The second-order valence-electron chi connectivity index (χ2n) is 7.65. The number of hydrogen-bond donors (Lipinski definition) is 3. The molecule has 10 nitrogen and oxygen atoms in total. The number of benzene rings is 2. The predicted octanol–water partition coefficient (Wildman–Crippen LogP) is 3.19. The molecule has 0 unspecified atom stereocenters. The monoisotopic (exact) mass is 638 g/mol.